The molecule has 160 valence electrons. The van der Waals surface area contributed by atoms with Crippen LogP contribution < -0.4 is 5.73 Å². The third-order valence-electron chi connectivity index (χ3n) is 5.55. The standard InChI is InChI=1S/C24H25ClN4O2/c1-23(2,3)21(30)29-14-17(20-18(25)13-27-22(26)28-20)16-12-15(6-7-19(16)29)8-11-24(31)9-4-5-10-24/h6-7,12-14,31H,4-5,9-10H2,1-3H3,(H2,26,27,28). The number of fused-ring (bicyclic) bond motifs is 1. The van der Waals surface area contributed by atoms with E-state index < -0.39 is 11.0 Å². The van der Waals surface area contributed by atoms with Crippen LogP contribution in [0.4, 0.5) is 5.95 Å². The number of rotatable bonds is 1. The number of nitrogen functional groups attached to an aromatic ring is 1. The Kier molecular flexibility index (Phi) is 5.28. The number of nitrogens with zero attached hydrogens (tertiary/aromatic N) is 3. The highest BCUT2D eigenvalue weighted by molar-refractivity contribution is 6.33. The molecule has 4 rings (SSSR count). The molecule has 1 aliphatic carbocycles. The Morgan fingerprint density at radius 1 is 1.29 bits per heavy atom. The van der Waals surface area contributed by atoms with Gasteiger partial charge in [-0.05, 0) is 43.9 Å². The number of hydrogen-bond acceptors (Lipinski definition) is 5. The molecule has 31 heavy (non-hydrogen) atoms. The number of carbonyl (C=O) groups is 1. The van der Waals surface area contributed by atoms with Crippen molar-refractivity contribution < 1.29 is 9.90 Å². The van der Waals surface area contributed by atoms with Gasteiger partial charge in [-0.15, -0.1) is 0 Å². The Hall–Kier alpha value is -2.88. The summed E-state index contributed by atoms with van der Waals surface area (Å²) in [6, 6.07) is 5.63. The van der Waals surface area contributed by atoms with E-state index in [-0.39, 0.29) is 11.9 Å². The Bertz CT molecular complexity index is 1240. The highest BCUT2D eigenvalue weighted by Crippen LogP contribution is 2.36. The first-order valence-electron chi connectivity index (χ1n) is 10.3. The molecule has 1 saturated carbocycles. The third kappa shape index (κ3) is 4.16. The van der Waals surface area contributed by atoms with E-state index in [0.29, 0.717) is 29.1 Å². The normalized spacial score (nSPS) is 15.6. The highest BCUT2D eigenvalue weighted by atomic mass is 35.5. The number of halogens is 1. The van der Waals surface area contributed by atoms with Gasteiger partial charge in [-0.1, -0.05) is 44.2 Å². The molecule has 0 atom stereocenters. The van der Waals surface area contributed by atoms with Gasteiger partial charge in [0, 0.05) is 28.1 Å². The van der Waals surface area contributed by atoms with Crippen LogP contribution in [0.25, 0.3) is 22.2 Å². The van der Waals surface area contributed by atoms with Crippen LogP contribution in [-0.4, -0.2) is 31.1 Å². The molecule has 0 bridgehead atoms. The fourth-order valence-corrected chi connectivity index (χ4v) is 4.06. The summed E-state index contributed by atoms with van der Waals surface area (Å²) in [4.78, 5) is 21.4. The fraction of sp³-hybridized carbons (Fsp3) is 0.375. The van der Waals surface area contributed by atoms with Gasteiger partial charge >= 0.3 is 0 Å². The van der Waals surface area contributed by atoms with Crippen molar-refractivity contribution in [2.75, 3.05) is 5.73 Å². The summed E-state index contributed by atoms with van der Waals surface area (Å²) in [5, 5.41) is 11.7. The molecule has 1 fully saturated rings. The van der Waals surface area contributed by atoms with Crippen molar-refractivity contribution in [3.8, 4) is 23.1 Å². The van der Waals surface area contributed by atoms with Gasteiger partial charge in [0.25, 0.3) is 0 Å². The van der Waals surface area contributed by atoms with Crippen LogP contribution in [0, 0.1) is 17.3 Å². The summed E-state index contributed by atoms with van der Waals surface area (Å²) >= 11 is 6.38. The molecule has 3 aromatic rings. The molecular weight excluding hydrogens is 412 g/mol. The number of hydrogen-bond donors (Lipinski definition) is 2. The number of benzene rings is 1. The van der Waals surface area contributed by atoms with Crippen LogP contribution in [0.15, 0.2) is 30.6 Å². The second-order valence-electron chi connectivity index (χ2n) is 9.11. The van der Waals surface area contributed by atoms with Crippen molar-refractivity contribution in [1.29, 1.82) is 0 Å². The molecule has 2 aromatic heterocycles. The van der Waals surface area contributed by atoms with E-state index in [1.54, 1.807) is 10.8 Å². The first-order chi connectivity index (χ1) is 14.6. The van der Waals surface area contributed by atoms with Gasteiger partial charge in [0.15, 0.2) is 0 Å². The van der Waals surface area contributed by atoms with E-state index in [1.165, 1.54) is 6.20 Å². The zero-order valence-corrected chi connectivity index (χ0v) is 18.6. The van der Waals surface area contributed by atoms with E-state index in [9.17, 15) is 9.90 Å². The smallest absolute Gasteiger partial charge is 0.236 e. The van der Waals surface area contributed by atoms with Crippen LogP contribution >= 0.6 is 11.6 Å². The maximum absolute atomic E-state index is 13.1. The van der Waals surface area contributed by atoms with Crippen LogP contribution in [0.2, 0.25) is 5.02 Å². The number of nitrogens with two attached hydrogens (primary N) is 1. The van der Waals surface area contributed by atoms with Gasteiger partial charge < -0.3 is 10.8 Å². The van der Waals surface area contributed by atoms with Crippen LogP contribution in [-0.2, 0) is 0 Å². The van der Waals surface area contributed by atoms with Crippen molar-refractivity contribution in [2.45, 2.75) is 52.1 Å². The molecule has 0 amide bonds. The number of carbonyl (C=O) groups excluding carboxylic acids is 1. The molecule has 2 heterocycles. The van der Waals surface area contributed by atoms with E-state index >= 15 is 0 Å². The van der Waals surface area contributed by atoms with E-state index in [0.717, 1.165) is 29.3 Å². The van der Waals surface area contributed by atoms with Gasteiger partial charge in [-0.3, -0.25) is 9.36 Å². The molecule has 0 spiro atoms. The molecular formula is C24H25ClN4O2. The van der Waals surface area contributed by atoms with Crippen LogP contribution in [0.3, 0.4) is 0 Å². The monoisotopic (exact) mass is 436 g/mol. The summed E-state index contributed by atoms with van der Waals surface area (Å²) in [7, 11) is 0. The molecule has 1 aliphatic rings. The maximum atomic E-state index is 13.1. The second-order valence-corrected chi connectivity index (χ2v) is 9.52. The van der Waals surface area contributed by atoms with Crippen molar-refractivity contribution in [2.24, 2.45) is 5.41 Å². The van der Waals surface area contributed by atoms with Crippen molar-refractivity contribution in [3.63, 3.8) is 0 Å². The number of anilines is 1. The minimum atomic E-state index is -0.920. The first kappa shape index (κ1) is 21.4. The SMILES string of the molecule is CC(C)(C)C(=O)n1cc(-c2nc(N)ncc2Cl)c2cc(C#CC3(O)CCCC3)ccc21. The molecule has 0 radical (unpaired) electrons. The summed E-state index contributed by atoms with van der Waals surface area (Å²) in [6.07, 6.45) is 6.56. The van der Waals surface area contributed by atoms with Gasteiger partial charge in [-0.25, -0.2) is 9.97 Å². The van der Waals surface area contributed by atoms with Crippen molar-refractivity contribution in [3.05, 3.63) is 41.2 Å². The molecule has 6 nitrogen and oxygen atoms in total. The first-order valence-corrected chi connectivity index (χ1v) is 10.7. The molecule has 3 N–H and O–H groups in total. The second kappa shape index (κ2) is 7.67. The zero-order valence-electron chi connectivity index (χ0n) is 17.9. The fourth-order valence-electron chi connectivity index (χ4n) is 3.87. The van der Waals surface area contributed by atoms with Crippen molar-refractivity contribution >= 4 is 34.4 Å². The summed E-state index contributed by atoms with van der Waals surface area (Å²) in [6.45, 7) is 5.62. The highest BCUT2D eigenvalue weighted by Gasteiger charge is 2.29. The Morgan fingerprint density at radius 2 is 2.00 bits per heavy atom. The van der Waals surface area contributed by atoms with Gasteiger partial charge in [0.2, 0.25) is 11.9 Å². The Morgan fingerprint density at radius 3 is 2.68 bits per heavy atom. The lowest BCUT2D eigenvalue weighted by Crippen LogP contribution is -2.26. The average molecular weight is 437 g/mol. The van der Waals surface area contributed by atoms with E-state index in [2.05, 4.69) is 21.8 Å². The third-order valence-corrected chi connectivity index (χ3v) is 5.83. The lowest BCUT2D eigenvalue weighted by atomic mass is 9.95. The molecule has 1 aromatic carbocycles. The van der Waals surface area contributed by atoms with Gasteiger partial charge in [0.1, 0.15) is 5.60 Å². The predicted octanol–water partition coefficient (Wildman–Crippen LogP) is 4.68. The number of aliphatic hydroxyl groups is 1. The van der Waals surface area contributed by atoms with E-state index in [4.69, 9.17) is 17.3 Å². The van der Waals surface area contributed by atoms with Crippen LogP contribution in [0.5, 0.6) is 0 Å². The van der Waals surface area contributed by atoms with Crippen LogP contribution in [0.1, 0.15) is 56.8 Å². The largest absolute Gasteiger partial charge is 0.378 e. The van der Waals surface area contributed by atoms with Gasteiger partial charge in [-0.2, -0.15) is 0 Å². The maximum Gasteiger partial charge on any atom is 0.236 e. The molecule has 0 unspecified atom stereocenters. The number of aromatic nitrogens is 3. The van der Waals surface area contributed by atoms with E-state index in [1.807, 2.05) is 39.0 Å². The zero-order chi connectivity index (χ0) is 22.4. The summed E-state index contributed by atoms with van der Waals surface area (Å²) in [5.41, 5.74) is 6.91. The molecule has 7 heteroatoms. The predicted molar refractivity (Wildman–Crippen MR) is 123 cm³/mol. The quantitative estimate of drug-likeness (QED) is 0.540. The Balaban J connectivity index is 1.91. The summed E-state index contributed by atoms with van der Waals surface area (Å²) < 4.78 is 1.63. The van der Waals surface area contributed by atoms with Gasteiger partial charge in [0.05, 0.1) is 22.4 Å². The van der Waals surface area contributed by atoms with Crippen molar-refractivity contribution in [1.82, 2.24) is 14.5 Å². The molecule has 0 aliphatic heterocycles. The summed E-state index contributed by atoms with van der Waals surface area (Å²) in [5.74, 6) is 6.18. The Labute approximate surface area is 186 Å². The minimum Gasteiger partial charge on any atom is -0.378 e. The molecule has 0 saturated heterocycles. The minimum absolute atomic E-state index is 0.0546. The lowest BCUT2D eigenvalue weighted by molar-refractivity contribution is 0.0772. The topological polar surface area (TPSA) is 94.0 Å². The average Bonchev–Trinajstić information content (AvgIpc) is 3.31. The lowest BCUT2D eigenvalue weighted by Gasteiger charge is -2.17.